The first kappa shape index (κ1) is 17.8. The number of benzene rings is 1. The molecule has 2 N–H and O–H groups in total. The van der Waals surface area contributed by atoms with Crippen LogP contribution < -0.4 is 15.4 Å². The minimum Gasteiger partial charge on any atom is -0.497 e. The monoisotopic (exact) mass is 355 g/mol. The highest BCUT2D eigenvalue weighted by molar-refractivity contribution is 6.17. The molecule has 0 saturated carbocycles. The largest absolute Gasteiger partial charge is 0.497 e. The third kappa shape index (κ3) is 3.63. The van der Waals surface area contributed by atoms with Crippen molar-refractivity contribution in [3.8, 4) is 5.75 Å². The number of amides is 2. The number of aliphatic imine (C=N–C) groups is 1. The van der Waals surface area contributed by atoms with Crippen LogP contribution in [0.3, 0.4) is 0 Å². The van der Waals surface area contributed by atoms with E-state index < -0.39 is 5.92 Å². The summed E-state index contributed by atoms with van der Waals surface area (Å²) in [4.78, 5) is 37.2. The minimum absolute atomic E-state index is 0.0504. The molecular formula is C18H21N5O3. The summed E-state index contributed by atoms with van der Waals surface area (Å²) in [7, 11) is 1.58. The SMILES string of the molecule is CCCCC1C(=O)NC(=Nc2nc(C)c3ccc(OC)cc3n2)NC1=O. The predicted octanol–water partition coefficient (Wildman–Crippen LogP) is 1.99. The van der Waals surface area contributed by atoms with E-state index in [1.165, 1.54) is 0 Å². The van der Waals surface area contributed by atoms with Crippen LogP contribution in [-0.2, 0) is 9.59 Å². The number of carbonyl (C=O) groups excluding carboxylic acids is 2. The Morgan fingerprint density at radius 1 is 1.19 bits per heavy atom. The van der Waals surface area contributed by atoms with Crippen molar-refractivity contribution in [1.29, 1.82) is 0 Å². The zero-order chi connectivity index (χ0) is 18.7. The van der Waals surface area contributed by atoms with Crippen LogP contribution in [0, 0.1) is 12.8 Å². The van der Waals surface area contributed by atoms with Gasteiger partial charge in [-0.2, -0.15) is 4.99 Å². The van der Waals surface area contributed by atoms with E-state index in [1.54, 1.807) is 13.2 Å². The Morgan fingerprint density at radius 3 is 2.58 bits per heavy atom. The fourth-order valence-electron chi connectivity index (χ4n) is 2.81. The number of hydrogen-bond acceptors (Lipinski definition) is 6. The van der Waals surface area contributed by atoms with Gasteiger partial charge >= 0.3 is 0 Å². The number of nitrogens with zero attached hydrogens (tertiary/aromatic N) is 3. The Morgan fingerprint density at radius 2 is 1.92 bits per heavy atom. The number of guanidine groups is 1. The molecular weight excluding hydrogens is 334 g/mol. The molecule has 0 spiro atoms. The van der Waals surface area contributed by atoms with Crippen LogP contribution in [0.1, 0.15) is 31.9 Å². The molecule has 2 aromatic rings. The normalized spacial score (nSPS) is 17.0. The van der Waals surface area contributed by atoms with E-state index in [0.29, 0.717) is 17.7 Å². The summed E-state index contributed by atoms with van der Waals surface area (Å²) in [5, 5.41) is 6.12. The van der Waals surface area contributed by atoms with Gasteiger partial charge in [-0.1, -0.05) is 19.8 Å². The highest BCUT2D eigenvalue weighted by Crippen LogP contribution is 2.23. The lowest BCUT2D eigenvalue weighted by atomic mass is 9.99. The molecule has 1 aromatic carbocycles. The van der Waals surface area contributed by atoms with Crippen LogP contribution in [-0.4, -0.2) is 34.9 Å². The smallest absolute Gasteiger partial charge is 0.253 e. The molecule has 3 rings (SSSR count). The number of nitrogens with one attached hydrogen (secondary N) is 2. The van der Waals surface area contributed by atoms with Crippen molar-refractivity contribution in [3.63, 3.8) is 0 Å². The highest BCUT2D eigenvalue weighted by atomic mass is 16.5. The second kappa shape index (κ2) is 7.47. The molecule has 0 bridgehead atoms. The molecule has 1 aliphatic rings. The van der Waals surface area contributed by atoms with Crippen LogP contribution in [0.25, 0.3) is 10.9 Å². The average molecular weight is 355 g/mol. The van der Waals surface area contributed by atoms with Gasteiger partial charge in [0.2, 0.25) is 17.8 Å². The van der Waals surface area contributed by atoms with Crippen LogP contribution in [0.5, 0.6) is 5.75 Å². The van der Waals surface area contributed by atoms with E-state index in [0.717, 1.165) is 23.9 Å². The molecule has 2 amide bonds. The van der Waals surface area contributed by atoms with E-state index in [4.69, 9.17) is 4.74 Å². The van der Waals surface area contributed by atoms with Gasteiger partial charge in [-0.05, 0) is 25.5 Å². The van der Waals surface area contributed by atoms with Crippen molar-refractivity contribution in [1.82, 2.24) is 20.6 Å². The Hall–Kier alpha value is -3.03. The quantitative estimate of drug-likeness (QED) is 0.798. The zero-order valence-corrected chi connectivity index (χ0v) is 15.0. The van der Waals surface area contributed by atoms with Crippen molar-refractivity contribution >= 4 is 34.6 Å². The number of ether oxygens (including phenoxy) is 1. The molecule has 1 aromatic heterocycles. The first-order chi connectivity index (χ1) is 12.5. The van der Waals surface area contributed by atoms with Crippen molar-refractivity contribution in [2.24, 2.45) is 10.9 Å². The first-order valence-corrected chi connectivity index (χ1v) is 8.54. The topological polar surface area (TPSA) is 106 Å². The molecule has 26 heavy (non-hydrogen) atoms. The molecule has 0 unspecified atom stereocenters. The highest BCUT2D eigenvalue weighted by Gasteiger charge is 2.32. The number of aromatic nitrogens is 2. The second-order valence-corrected chi connectivity index (χ2v) is 6.13. The van der Waals surface area contributed by atoms with Crippen LogP contribution in [0.4, 0.5) is 5.95 Å². The van der Waals surface area contributed by atoms with Gasteiger partial charge in [0.1, 0.15) is 11.7 Å². The molecule has 1 aliphatic heterocycles. The molecule has 136 valence electrons. The number of aryl methyl sites for hydroxylation is 1. The van der Waals surface area contributed by atoms with Gasteiger partial charge in [-0.15, -0.1) is 0 Å². The summed E-state index contributed by atoms with van der Waals surface area (Å²) >= 11 is 0. The fourth-order valence-corrected chi connectivity index (χ4v) is 2.81. The van der Waals surface area contributed by atoms with Gasteiger partial charge in [-0.25, -0.2) is 9.97 Å². The third-order valence-electron chi connectivity index (χ3n) is 4.26. The third-order valence-corrected chi connectivity index (χ3v) is 4.26. The van der Waals surface area contributed by atoms with Crippen LogP contribution in [0.15, 0.2) is 23.2 Å². The fraction of sp³-hybridized carbons (Fsp3) is 0.389. The van der Waals surface area contributed by atoms with Crippen LogP contribution in [0.2, 0.25) is 0 Å². The van der Waals surface area contributed by atoms with Gasteiger partial charge < -0.3 is 4.74 Å². The Labute approximate surface area is 151 Å². The lowest BCUT2D eigenvalue weighted by molar-refractivity contribution is -0.135. The summed E-state index contributed by atoms with van der Waals surface area (Å²) in [6, 6.07) is 5.50. The number of carbonyl (C=O) groups is 2. The maximum absolute atomic E-state index is 12.2. The van der Waals surface area contributed by atoms with E-state index >= 15 is 0 Å². The molecule has 2 heterocycles. The van der Waals surface area contributed by atoms with Gasteiger partial charge in [-0.3, -0.25) is 20.2 Å². The zero-order valence-electron chi connectivity index (χ0n) is 15.0. The van der Waals surface area contributed by atoms with Gasteiger partial charge in [0.15, 0.2) is 0 Å². The number of rotatable bonds is 5. The molecule has 0 radical (unpaired) electrons. The lowest BCUT2D eigenvalue weighted by Crippen LogP contribution is -2.56. The van der Waals surface area contributed by atoms with E-state index in [2.05, 4.69) is 25.6 Å². The summed E-state index contributed by atoms with van der Waals surface area (Å²) in [6.07, 6.45) is 2.26. The standard InChI is InChI=1S/C18H21N5O3/c1-4-5-6-13-15(24)21-18(22-16(13)25)23-17-19-10(2)12-8-7-11(26-3)9-14(12)20-17/h7-9,13H,4-6H2,1-3H3,(H2,19,20,21,22,23,24,25). The molecule has 1 fully saturated rings. The summed E-state index contributed by atoms with van der Waals surface area (Å²) in [5.74, 6) is -0.495. The summed E-state index contributed by atoms with van der Waals surface area (Å²) < 4.78 is 5.21. The molecule has 8 heteroatoms. The van der Waals surface area contributed by atoms with E-state index in [9.17, 15) is 9.59 Å². The van der Waals surface area contributed by atoms with Gasteiger partial charge in [0.05, 0.1) is 18.3 Å². The molecule has 1 saturated heterocycles. The number of hydrogen-bond donors (Lipinski definition) is 2. The summed E-state index contributed by atoms with van der Waals surface area (Å²) in [6.45, 7) is 3.86. The average Bonchev–Trinajstić information content (AvgIpc) is 2.60. The second-order valence-electron chi connectivity index (χ2n) is 6.13. The van der Waals surface area contributed by atoms with Crippen molar-refractivity contribution in [2.75, 3.05) is 7.11 Å². The van der Waals surface area contributed by atoms with Crippen LogP contribution >= 0.6 is 0 Å². The van der Waals surface area contributed by atoms with E-state index in [-0.39, 0.29) is 23.7 Å². The van der Waals surface area contributed by atoms with E-state index in [1.807, 2.05) is 26.0 Å². The van der Waals surface area contributed by atoms with Crippen molar-refractivity contribution in [3.05, 3.63) is 23.9 Å². The minimum atomic E-state index is -0.683. The maximum atomic E-state index is 12.2. The Kier molecular flexibility index (Phi) is 5.11. The van der Waals surface area contributed by atoms with Crippen molar-refractivity contribution in [2.45, 2.75) is 33.1 Å². The number of unbranched alkanes of at least 4 members (excludes halogenated alkanes) is 1. The lowest BCUT2D eigenvalue weighted by Gasteiger charge is -2.22. The molecule has 0 atom stereocenters. The Balaban J connectivity index is 1.88. The molecule has 8 nitrogen and oxygen atoms in total. The number of fused-ring (bicyclic) bond motifs is 1. The Bertz CT molecular complexity index is 874. The van der Waals surface area contributed by atoms with Gasteiger partial charge in [0.25, 0.3) is 5.95 Å². The molecule has 0 aliphatic carbocycles. The summed E-state index contributed by atoms with van der Waals surface area (Å²) in [5.41, 5.74) is 1.41. The predicted molar refractivity (Wildman–Crippen MR) is 97.2 cm³/mol. The maximum Gasteiger partial charge on any atom is 0.253 e. The van der Waals surface area contributed by atoms with Crippen molar-refractivity contribution < 1.29 is 14.3 Å². The van der Waals surface area contributed by atoms with Gasteiger partial charge in [0, 0.05) is 11.5 Å². The number of methoxy groups -OCH3 is 1. The first-order valence-electron chi connectivity index (χ1n) is 8.54.